The highest BCUT2D eigenvalue weighted by Gasteiger charge is 2.16. The van der Waals surface area contributed by atoms with Crippen molar-refractivity contribution in [1.82, 2.24) is 0 Å². The van der Waals surface area contributed by atoms with E-state index in [2.05, 4.69) is 98.8 Å². The second-order valence-corrected chi connectivity index (χ2v) is 10.5. The molecule has 1 atom stereocenters. The van der Waals surface area contributed by atoms with E-state index in [0.717, 1.165) is 0 Å². The van der Waals surface area contributed by atoms with Crippen LogP contribution in [0.3, 0.4) is 0 Å². The van der Waals surface area contributed by atoms with Crippen LogP contribution in [0.15, 0.2) is 47.6 Å². The van der Waals surface area contributed by atoms with Crippen molar-refractivity contribution in [1.29, 1.82) is 0 Å². The average molecular weight is 477 g/mol. The molecular formula is C35H56. The van der Waals surface area contributed by atoms with Gasteiger partial charge in [-0.3, -0.25) is 0 Å². The Labute approximate surface area is 219 Å². The highest BCUT2D eigenvalue weighted by molar-refractivity contribution is 5.77. The zero-order chi connectivity index (χ0) is 26.2. The fourth-order valence-corrected chi connectivity index (χ4v) is 4.93. The molecule has 0 radical (unpaired) electrons. The maximum absolute atomic E-state index is 2.51. The standard InChI is InChI=1S/C35H56/c1-10-15-17-19-21-31(13-4)25-28(7)33-23-24-34(30(9)29(33)8)35(27(6)12-3)26-32(14-5)22-20-18-16-11-2/h13-14,23-27H,10-12,15-22H2,1-9H3/b28-25+,31-13-,32-14-,35-26+/t27-/m0/s1. The number of hydrogen-bond acceptors (Lipinski definition) is 0. The van der Waals surface area contributed by atoms with Crippen LogP contribution in [0.5, 0.6) is 0 Å². The third-order valence-corrected chi connectivity index (χ3v) is 7.79. The van der Waals surface area contributed by atoms with Gasteiger partial charge in [0.05, 0.1) is 0 Å². The summed E-state index contributed by atoms with van der Waals surface area (Å²) in [5.74, 6) is 0.555. The van der Waals surface area contributed by atoms with Crippen molar-refractivity contribution in [2.75, 3.05) is 0 Å². The SMILES string of the molecule is C/C=C(\C=C(/C)c1ccc(/C(=C/C(=C\C)CCCCCC)[C@@H](C)CC)c(C)c1C)CCCCCC. The molecule has 0 aliphatic heterocycles. The van der Waals surface area contributed by atoms with Crippen LogP contribution in [0.25, 0.3) is 11.1 Å². The van der Waals surface area contributed by atoms with Gasteiger partial charge in [0.1, 0.15) is 0 Å². The van der Waals surface area contributed by atoms with Gasteiger partial charge < -0.3 is 0 Å². The minimum absolute atomic E-state index is 0.555. The Hall–Kier alpha value is -1.82. The van der Waals surface area contributed by atoms with Crippen LogP contribution in [-0.2, 0) is 0 Å². The van der Waals surface area contributed by atoms with E-state index in [1.54, 1.807) is 0 Å². The molecule has 0 fully saturated rings. The quantitative estimate of drug-likeness (QED) is 0.164. The molecular weight excluding hydrogens is 420 g/mol. The van der Waals surface area contributed by atoms with Gasteiger partial charge in [0.25, 0.3) is 0 Å². The van der Waals surface area contributed by atoms with Gasteiger partial charge in [-0.2, -0.15) is 0 Å². The number of allylic oxidation sites excluding steroid dienone is 8. The molecule has 35 heavy (non-hydrogen) atoms. The molecule has 1 aromatic rings. The number of hydrogen-bond donors (Lipinski definition) is 0. The maximum atomic E-state index is 2.51. The Morgan fingerprint density at radius 1 is 0.714 bits per heavy atom. The van der Waals surface area contributed by atoms with Gasteiger partial charge in [-0.25, -0.2) is 0 Å². The third-order valence-electron chi connectivity index (χ3n) is 7.79. The van der Waals surface area contributed by atoms with Crippen LogP contribution >= 0.6 is 0 Å². The molecule has 0 aliphatic rings. The number of benzene rings is 1. The fraction of sp³-hybridized carbons (Fsp3) is 0.600. The molecule has 0 heteroatoms. The fourth-order valence-electron chi connectivity index (χ4n) is 4.93. The van der Waals surface area contributed by atoms with E-state index in [-0.39, 0.29) is 0 Å². The first-order valence-electron chi connectivity index (χ1n) is 14.7. The van der Waals surface area contributed by atoms with Crippen molar-refractivity contribution < 1.29 is 0 Å². The summed E-state index contributed by atoms with van der Waals surface area (Å²) in [7, 11) is 0. The van der Waals surface area contributed by atoms with E-state index in [1.165, 1.54) is 115 Å². The van der Waals surface area contributed by atoms with Crippen LogP contribution in [0, 0.1) is 19.8 Å². The van der Waals surface area contributed by atoms with Crippen molar-refractivity contribution >= 4 is 11.1 Å². The normalized spacial score (nSPS) is 14.5. The molecule has 196 valence electrons. The van der Waals surface area contributed by atoms with Gasteiger partial charge in [-0.15, -0.1) is 0 Å². The summed E-state index contributed by atoms with van der Waals surface area (Å²) in [6.07, 6.45) is 23.7. The van der Waals surface area contributed by atoms with Crippen LogP contribution < -0.4 is 0 Å². The van der Waals surface area contributed by atoms with Gasteiger partial charge in [-0.05, 0) is 106 Å². The molecule has 0 nitrogen and oxygen atoms in total. The van der Waals surface area contributed by atoms with E-state index in [4.69, 9.17) is 0 Å². The van der Waals surface area contributed by atoms with Gasteiger partial charge in [0, 0.05) is 0 Å². The molecule has 0 heterocycles. The molecule has 0 bridgehead atoms. The highest BCUT2D eigenvalue weighted by Crippen LogP contribution is 2.34. The minimum Gasteiger partial charge on any atom is -0.0844 e. The summed E-state index contributed by atoms with van der Waals surface area (Å²) in [5, 5.41) is 0. The predicted octanol–water partition coefficient (Wildman–Crippen LogP) is 12.0. The van der Waals surface area contributed by atoms with Gasteiger partial charge in [0.2, 0.25) is 0 Å². The lowest BCUT2D eigenvalue weighted by Crippen LogP contribution is -2.03. The molecule has 0 N–H and O–H groups in total. The topological polar surface area (TPSA) is 0 Å². The number of rotatable bonds is 16. The summed E-state index contributed by atoms with van der Waals surface area (Å²) < 4.78 is 0. The van der Waals surface area contributed by atoms with Crippen molar-refractivity contribution in [3.05, 3.63) is 69.8 Å². The molecule has 0 aliphatic carbocycles. The highest BCUT2D eigenvalue weighted by atomic mass is 14.2. The Morgan fingerprint density at radius 2 is 1.20 bits per heavy atom. The molecule has 1 rings (SSSR count). The first-order chi connectivity index (χ1) is 16.8. The first-order valence-corrected chi connectivity index (χ1v) is 14.7. The van der Waals surface area contributed by atoms with E-state index in [1.807, 2.05) is 0 Å². The lowest BCUT2D eigenvalue weighted by atomic mass is 9.84. The summed E-state index contributed by atoms with van der Waals surface area (Å²) in [6, 6.07) is 4.77. The van der Waals surface area contributed by atoms with E-state index in [9.17, 15) is 0 Å². The molecule has 1 aromatic carbocycles. The van der Waals surface area contributed by atoms with Gasteiger partial charge in [-0.1, -0.05) is 114 Å². The first kappa shape index (κ1) is 31.2. The van der Waals surface area contributed by atoms with Crippen LogP contribution in [0.2, 0.25) is 0 Å². The second kappa shape index (κ2) is 17.6. The zero-order valence-electron chi connectivity index (χ0n) is 24.8. The monoisotopic (exact) mass is 476 g/mol. The van der Waals surface area contributed by atoms with Gasteiger partial charge >= 0.3 is 0 Å². The molecule has 0 saturated carbocycles. The summed E-state index contributed by atoms with van der Waals surface area (Å²) in [6.45, 7) is 20.6. The molecule has 0 unspecified atom stereocenters. The van der Waals surface area contributed by atoms with E-state index < -0.39 is 0 Å². The molecule has 0 amide bonds. The van der Waals surface area contributed by atoms with E-state index >= 15 is 0 Å². The zero-order valence-corrected chi connectivity index (χ0v) is 24.8. The third kappa shape index (κ3) is 10.4. The van der Waals surface area contributed by atoms with Crippen molar-refractivity contribution in [3.63, 3.8) is 0 Å². The number of unbranched alkanes of at least 4 members (excludes halogenated alkanes) is 6. The maximum Gasteiger partial charge on any atom is -0.0187 e. The summed E-state index contributed by atoms with van der Waals surface area (Å²) in [4.78, 5) is 0. The lowest BCUT2D eigenvalue weighted by Gasteiger charge is -2.21. The van der Waals surface area contributed by atoms with Gasteiger partial charge in [0.15, 0.2) is 0 Å². The summed E-state index contributed by atoms with van der Waals surface area (Å²) >= 11 is 0. The Balaban J connectivity index is 3.26. The van der Waals surface area contributed by atoms with E-state index in [0.29, 0.717) is 5.92 Å². The molecule has 0 aromatic heterocycles. The minimum atomic E-state index is 0.555. The largest absolute Gasteiger partial charge is 0.0844 e. The van der Waals surface area contributed by atoms with Crippen LogP contribution in [0.4, 0.5) is 0 Å². The van der Waals surface area contributed by atoms with Crippen LogP contribution in [-0.4, -0.2) is 0 Å². The van der Waals surface area contributed by atoms with Crippen molar-refractivity contribution in [3.8, 4) is 0 Å². The van der Waals surface area contributed by atoms with Crippen molar-refractivity contribution in [2.45, 2.75) is 133 Å². The Morgan fingerprint density at radius 3 is 1.69 bits per heavy atom. The molecule has 0 saturated heterocycles. The second-order valence-electron chi connectivity index (χ2n) is 10.5. The summed E-state index contributed by atoms with van der Waals surface area (Å²) in [5.41, 5.74) is 11.6. The van der Waals surface area contributed by atoms with Crippen LogP contribution in [0.1, 0.15) is 141 Å². The lowest BCUT2D eigenvalue weighted by molar-refractivity contribution is 0.667. The molecule has 0 spiro atoms. The Kier molecular flexibility index (Phi) is 15.7. The Bertz CT molecular complexity index is 872. The van der Waals surface area contributed by atoms with Crippen molar-refractivity contribution in [2.24, 2.45) is 5.92 Å². The predicted molar refractivity (Wildman–Crippen MR) is 162 cm³/mol. The smallest absolute Gasteiger partial charge is 0.0187 e. The average Bonchev–Trinajstić information content (AvgIpc) is 2.86.